The van der Waals surface area contributed by atoms with Crippen LogP contribution in [0, 0.1) is 0 Å². The van der Waals surface area contributed by atoms with Crippen molar-refractivity contribution in [2.45, 2.75) is 17.5 Å². The number of carboxylic acid groups (broad SMARTS) is 1. The van der Waals surface area contributed by atoms with Gasteiger partial charge in [-0.05, 0) is 24.3 Å². The van der Waals surface area contributed by atoms with Crippen LogP contribution in [-0.4, -0.2) is 44.7 Å². The van der Waals surface area contributed by atoms with Crippen LogP contribution in [0.4, 0.5) is 13.2 Å². The number of carbonyl (C=O) groups excluding carboxylic acids is 1. The summed E-state index contributed by atoms with van der Waals surface area (Å²) in [5.74, 6) is -2.17. The standard InChI is InChI=1S/C12H13F3N2O5S/c13-12(14,15)7-16-11(20)8-1-3-9(4-2-8)23(21,22)17-6-5-10(18)19/h1-4,17H,5-7H2,(H,16,20)(H,18,19). The maximum Gasteiger partial charge on any atom is 0.405 e. The van der Waals surface area contributed by atoms with Crippen molar-refractivity contribution < 1.29 is 36.3 Å². The second-order valence-corrected chi connectivity index (χ2v) is 6.13. The van der Waals surface area contributed by atoms with Crippen LogP contribution in [0.3, 0.4) is 0 Å². The molecule has 0 spiro atoms. The Bertz CT molecular complexity index is 671. The highest BCUT2D eigenvalue weighted by molar-refractivity contribution is 7.89. The maximum absolute atomic E-state index is 12.0. The van der Waals surface area contributed by atoms with E-state index in [1.54, 1.807) is 5.32 Å². The van der Waals surface area contributed by atoms with Gasteiger partial charge < -0.3 is 10.4 Å². The second-order valence-electron chi connectivity index (χ2n) is 4.36. The summed E-state index contributed by atoms with van der Waals surface area (Å²) in [6.07, 6.45) is -4.95. The third kappa shape index (κ3) is 6.65. The highest BCUT2D eigenvalue weighted by atomic mass is 32.2. The molecule has 23 heavy (non-hydrogen) atoms. The normalized spacial score (nSPS) is 12.0. The van der Waals surface area contributed by atoms with Gasteiger partial charge in [-0.3, -0.25) is 9.59 Å². The van der Waals surface area contributed by atoms with Crippen LogP contribution in [0.2, 0.25) is 0 Å². The lowest BCUT2D eigenvalue weighted by atomic mass is 10.2. The summed E-state index contributed by atoms with van der Waals surface area (Å²) in [5, 5.41) is 10.1. The Morgan fingerprint density at radius 2 is 1.70 bits per heavy atom. The minimum atomic E-state index is -4.55. The second kappa shape index (κ2) is 7.42. The van der Waals surface area contributed by atoms with Crippen LogP contribution >= 0.6 is 0 Å². The summed E-state index contributed by atoms with van der Waals surface area (Å²) in [6.45, 7) is -1.81. The zero-order chi connectivity index (χ0) is 17.7. The van der Waals surface area contributed by atoms with E-state index in [1.165, 1.54) is 0 Å². The van der Waals surface area contributed by atoms with Gasteiger partial charge in [0.2, 0.25) is 10.0 Å². The largest absolute Gasteiger partial charge is 0.481 e. The summed E-state index contributed by atoms with van der Waals surface area (Å²) in [7, 11) is -3.96. The minimum absolute atomic E-state index is 0.140. The van der Waals surface area contributed by atoms with E-state index in [0.29, 0.717) is 0 Å². The molecule has 1 aromatic carbocycles. The van der Waals surface area contributed by atoms with Gasteiger partial charge in [0.15, 0.2) is 0 Å². The van der Waals surface area contributed by atoms with Crippen molar-refractivity contribution in [3.05, 3.63) is 29.8 Å². The minimum Gasteiger partial charge on any atom is -0.481 e. The molecular formula is C12H13F3N2O5S. The Hall–Kier alpha value is -2.14. The quantitative estimate of drug-likeness (QED) is 0.668. The molecule has 0 radical (unpaired) electrons. The van der Waals surface area contributed by atoms with E-state index >= 15 is 0 Å². The van der Waals surface area contributed by atoms with E-state index in [4.69, 9.17) is 5.11 Å². The number of alkyl halides is 3. The number of halogens is 3. The van der Waals surface area contributed by atoms with Crippen molar-refractivity contribution in [3.63, 3.8) is 0 Å². The first-order valence-corrected chi connectivity index (χ1v) is 7.66. The van der Waals surface area contributed by atoms with Gasteiger partial charge in [0.1, 0.15) is 6.54 Å². The number of carboxylic acids is 1. The molecule has 0 saturated heterocycles. The first-order valence-electron chi connectivity index (χ1n) is 6.18. The van der Waals surface area contributed by atoms with Crippen LogP contribution in [-0.2, 0) is 14.8 Å². The molecule has 0 heterocycles. The van der Waals surface area contributed by atoms with Gasteiger partial charge >= 0.3 is 12.1 Å². The van der Waals surface area contributed by atoms with E-state index in [1.807, 2.05) is 4.72 Å². The zero-order valence-corrected chi connectivity index (χ0v) is 12.4. The Morgan fingerprint density at radius 3 is 2.17 bits per heavy atom. The molecule has 0 atom stereocenters. The van der Waals surface area contributed by atoms with Crippen LogP contribution in [0.5, 0.6) is 0 Å². The molecule has 128 valence electrons. The van der Waals surface area contributed by atoms with E-state index < -0.39 is 41.0 Å². The number of sulfonamides is 1. The van der Waals surface area contributed by atoms with Gasteiger partial charge in [0.05, 0.1) is 11.3 Å². The van der Waals surface area contributed by atoms with Gasteiger partial charge in [-0.1, -0.05) is 0 Å². The molecule has 0 fully saturated rings. The molecule has 11 heteroatoms. The fourth-order valence-corrected chi connectivity index (χ4v) is 2.48. The Kier molecular flexibility index (Phi) is 6.10. The fraction of sp³-hybridized carbons (Fsp3) is 0.333. The van der Waals surface area contributed by atoms with Gasteiger partial charge in [0, 0.05) is 12.1 Å². The number of nitrogens with one attached hydrogen (secondary N) is 2. The van der Waals surface area contributed by atoms with Crippen molar-refractivity contribution >= 4 is 21.9 Å². The smallest absolute Gasteiger partial charge is 0.405 e. The number of rotatable bonds is 7. The molecule has 0 aromatic heterocycles. The molecule has 7 nitrogen and oxygen atoms in total. The van der Waals surface area contributed by atoms with E-state index in [9.17, 15) is 31.2 Å². The average Bonchev–Trinajstić information content (AvgIpc) is 2.43. The van der Waals surface area contributed by atoms with Gasteiger partial charge in [-0.25, -0.2) is 13.1 Å². The van der Waals surface area contributed by atoms with Crippen LogP contribution in [0.15, 0.2) is 29.2 Å². The molecule has 0 saturated carbocycles. The van der Waals surface area contributed by atoms with Gasteiger partial charge in [-0.2, -0.15) is 13.2 Å². The van der Waals surface area contributed by atoms with Gasteiger partial charge in [0.25, 0.3) is 5.91 Å². The molecule has 0 aliphatic carbocycles. The predicted octanol–water partition coefficient (Wildman–Crippen LogP) is 0.732. The number of hydrogen-bond acceptors (Lipinski definition) is 4. The highest BCUT2D eigenvalue weighted by Gasteiger charge is 2.28. The lowest BCUT2D eigenvalue weighted by Gasteiger charge is -2.09. The highest BCUT2D eigenvalue weighted by Crippen LogP contribution is 2.14. The van der Waals surface area contributed by atoms with E-state index in [2.05, 4.69) is 0 Å². The maximum atomic E-state index is 12.0. The van der Waals surface area contributed by atoms with Crippen LogP contribution in [0.25, 0.3) is 0 Å². The number of carbonyl (C=O) groups is 2. The van der Waals surface area contributed by atoms with Crippen molar-refractivity contribution in [1.82, 2.24) is 10.0 Å². The molecule has 1 amide bonds. The topological polar surface area (TPSA) is 113 Å². The van der Waals surface area contributed by atoms with Crippen molar-refractivity contribution in [2.24, 2.45) is 0 Å². The summed E-state index contributed by atoms with van der Waals surface area (Å²) < 4.78 is 61.6. The first kappa shape index (κ1) is 18.9. The van der Waals surface area contributed by atoms with E-state index in [0.717, 1.165) is 24.3 Å². The number of aliphatic carboxylic acids is 1. The molecule has 3 N–H and O–H groups in total. The fourth-order valence-electron chi connectivity index (χ4n) is 1.44. The molecule has 1 rings (SSSR count). The molecule has 0 aliphatic rings. The lowest BCUT2D eigenvalue weighted by molar-refractivity contribution is -0.136. The summed E-state index contributed by atoms with van der Waals surface area (Å²) in [6, 6.07) is 4.17. The molecule has 0 bridgehead atoms. The lowest BCUT2D eigenvalue weighted by Crippen LogP contribution is -2.33. The monoisotopic (exact) mass is 354 g/mol. The average molecular weight is 354 g/mol. The molecule has 0 aliphatic heterocycles. The first-order chi connectivity index (χ1) is 10.5. The summed E-state index contributed by atoms with van der Waals surface area (Å²) in [4.78, 5) is 21.5. The summed E-state index contributed by atoms with van der Waals surface area (Å²) >= 11 is 0. The summed E-state index contributed by atoms with van der Waals surface area (Å²) in [5.41, 5.74) is -0.140. The molecular weight excluding hydrogens is 341 g/mol. The van der Waals surface area contributed by atoms with E-state index in [-0.39, 0.29) is 17.0 Å². The molecule has 0 unspecified atom stereocenters. The number of amides is 1. The third-order valence-electron chi connectivity index (χ3n) is 2.51. The van der Waals surface area contributed by atoms with Crippen molar-refractivity contribution in [2.75, 3.05) is 13.1 Å². The zero-order valence-electron chi connectivity index (χ0n) is 11.6. The van der Waals surface area contributed by atoms with Crippen molar-refractivity contribution in [1.29, 1.82) is 0 Å². The molecule has 1 aromatic rings. The Balaban J connectivity index is 2.72. The number of hydrogen-bond donors (Lipinski definition) is 3. The SMILES string of the molecule is O=C(O)CCNS(=O)(=O)c1ccc(C(=O)NCC(F)(F)F)cc1. The number of benzene rings is 1. The van der Waals surface area contributed by atoms with Gasteiger partial charge in [-0.15, -0.1) is 0 Å². The predicted molar refractivity (Wildman–Crippen MR) is 72.3 cm³/mol. The van der Waals surface area contributed by atoms with Crippen LogP contribution in [0.1, 0.15) is 16.8 Å². The van der Waals surface area contributed by atoms with Crippen molar-refractivity contribution in [3.8, 4) is 0 Å². The Morgan fingerprint density at radius 1 is 1.13 bits per heavy atom. The third-order valence-corrected chi connectivity index (χ3v) is 3.98. The Labute approximate surface area is 129 Å². The van der Waals surface area contributed by atoms with Crippen LogP contribution < -0.4 is 10.0 Å².